The number of nitrogens with zero attached hydrogens (tertiary/aromatic N) is 1. The molecule has 1 heterocycles. The summed E-state index contributed by atoms with van der Waals surface area (Å²) in [7, 11) is -3.11. The van der Waals surface area contributed by atoms with E-state index in [1.807, 2.05) is 36.4 Å². The highest BCUT2D eigenvalue weighted by Gasteiger charge is 2.19. The fourth-order valence-electron chi connectivity index (χ4n) is 3.72. The molecule has 0 aliphatic carbocycles. The van der Waals surface area contributed by atoms with E-state index in [0.29, 0.717) is 10.8 Å². The van der Waals surface area contributed by atoms with Gasteiger partial charge in [0, 0.05) is 23.5 Å². The maximum Gasteiger partial charge on any atom is 0.175 e. The first-order valence-electron chi connectivity index (χ1n) is 9.91. The van der Waals surface area contributed by atoms with Gasteiger partial charge in [-0.2, -0.15) is 0 Å². The van der Waals surface area contributed by atoms with Crippen LogP contribution >= 0.6 is 36.4 Å². The Labute approximate surface area is 198 Å². The van der Waals surface area contributed by atoms with Crippen molar-refractivity contribution in [3.63, 3.8) is 0 Å². The number of rotatable bonds is 8. The summed E-state index contributed by atoms with van der Waals surface area (Å²) in [5, 5.41) is 4.20. The van der Waals surface area contributed by atoms with Crippen molar-refractivity contribution in [2.45, 2.75) is 30.6 Å². The van der Waals surface area contributed by atoms with Crippen LogP contribution in [0.15, 0.2) is 53.4 Å². The molecule has 0 unspecified atom stereocenters. The van der Waals surface area contributed by atoms with Gasteiger partial charge in [0.05, 0.1) is 4.90 Å². The molecular formula is C22H31Cl3N2O2S. The minimum absolute atomic E-state index is 0. The van der Waals surface area contributed by atoms with E-state index in [1.165, 1.54) is 24.7 Å². The Kier molecular flexibility index (Phi) is 11.5. The van der Waals surface area contributed by atoms with Crippen LogP contribution in [-0.2, 0) is 16.3 Å². The van der Waals surface area contributed by atoms with Crippen LogP contribution in [0.2, 0.25) is 5.02 Å². The van der Waals surface area contributed by atoms with Crippen LogP contribution in [0.5, 0.6) is 0 Å². The summed E-state index contributed by atoms with van der Waals surface area (Å²) in [6.07, 6.45) is 5.83. The largest absolute Gasteiger partial charge is 0.385 e. The van der Waals surface area contributed by atoms with E-state index in [-0.39, 0.29) is 24.8 Å². The standard InChI is InChI=1S/C22H29ClN2O2S.2ClH/c1-28(26,27)22-9-3-18(4-10-22)17-19-11-15-25(16-12-19)14-2-13-24-21-7-5-20(23)6-8-21;;/h3-10,19,24H,2,11-17H2,1H3;2*1H. The first kappa shape index (κ1) is 27.1. The van der Waals surface area contributed by atoms with Crippen LogP contribution < -0.4 is 5.32 Å². The van der Waals surface area contributed by atoms with Crippen molar-refractivity contribution in [2.75, 3.05) is 37.8 Å². The second kappa shape index (κ2) is 12.8. The number of hydrogen-bond donors (Lipinski definition) is 1. The van der Waals surface area contributed by atoms with Crippen molar-refractivity contribution < 1.29 is 8.42 Å². The Morgan fingerprint density at radius 3 is 2.17 bits per heavy atom. The van der Waals surface area contributed by atoms with Crippen LogP contribution in [0.1, 0.15) is 24.8 Å². The smallest absolute Gasteiger partial charge is 0.175 e. The van der Waals surface area contributed by atoms with Crippen LogP contribution in [0.3, 0.4) is 0 Å². The summed E-state index contributed by atoms with van der Waals surface area (Å²) >= 11 is 5.90. The third-order valence-corrected chi connectivity index (χ3v) is 6.79. The van der Waals surface area contributed by atoms with Crippen molar-refractivity contribution in [2.24, 2.45) is 5.92 Å². The van der Waals surface area contributed by atoms with E-state index in [0.717, 1.165) is 49.7 Å². The summed E-state index contributed by atoms with van der Waals surface area (Å²) in [5.41, 5.74) is 2.35. The zero-order chi connectivity index (χ0) is 20.0. The van der Waals surface area contributed by atoms with Gasteiger partial charge in [0.2, 0.25) is 0 Å². The first-order chi connectivity index (χ1) is 13.4. The van der Waals surface area contributed by atoms with Crippen molar-refractivity contribution in [3.05, 3.63) is 59.1 Å². The fraction of sp³-hybridized carbons (Fsp3) is 0.455. The van der Waals surface area contributed by atoms with Crippen molar-refractivity contribution in [1.82, 2.24) is 4.90 Å². The molecule has 4 nitrogen and oxygen atoms in total. The van der Waals surface area contributed by atoms with Gasteiger partial charge in [-0.05, 0) is 93.2 Å². The Morgan fingerprint density at radius 1 is 1.00 bits per heavy atom. The number of halogens is 3. The van der Waals surface area contributed by atoms with Gasteiger partial charge in [0.25, 0.3) is 0 Å². The Morgan fingerprint density at radius 2 is 1.60 bits per heavy atom. The molecule has 0 amide bonds. The predicted octanol–water partition coefficient (Wildman–Crippen LogP) is 5.34. The third kappa shape index (κ3) is 8.64. The molecule has 0 aromatic heterocycles. The van der Waals surface area contributed by atoms with Crippen molar-refractivity contribution in [1.29, 1.82) is 0 Å². The Hall–Kier alpha value is -0.980. The van der Waals surface area contributed by atoms with Gasteiger partial charge in [-0.1, -0.05) is 23.7 Å². The fourth-order valence-corrected chi connectivity index (χ4v) is 4.48. The molecule has 2 aromatic carbocycles. The quantitative estimate of drug-likeness (QED) is 0.504. The van der Waals surface area contributed by atoms with E-state index < -0.39 is 9.84 Å². The average Bonchev–Trinajstić information content (AvgIpc) is 2.68. The molecule has 1 N–H and O–H groups in total. The third-order valence-electron chi connectivity index (χ3n) is 5.41. The van der Waals surface area contributed by atoms with E-state index in [9.17, 15) is 8.42 Å². The number of sulfone groups is 1. The highest BCUT2D eigenvalue weighted by Crippen LogP contribution is 2.22. The van der Waals surface area contributed by atoms with Crippen molar-refractivity contribution in [3.8, 4) is 0 Å². The van der Waals surface area contributed by atoms with Crippen LogP contribution in [-0.4, -0.2) is 45.8 Å². The number of anilines is 1. The molecule has 1 aliphatic rings. The van der Waals surface area contributed by atoms with Gasteiger partial charge in [-0.15, -0.1) is 24.8 Å². The lowest BCUT2D eigenvalue weighted by Crippen LogP contribution is -2.35. The van der Waals surface area contributed by atoms with Crippen molar-refractivity contribution >= 4 is 51.9 Å². The summed E-state index contributed by atoms with van der Waals surface area (Å²) in [4.78, 5) is 2.95. The van der Waals surface area contributed by atoms with Crippen LogP contribution in [0, 0.1) is 5.92 Å². The summed E-state index contributed by atoms with van der Waals surface area (Å²) < 4.78 is 23.1. The zero-order valence-corrected chi connectivity index (χ0v) is 20.4. The highest BCUT2D eigenvalue weighted by atomic mass is 35.5. The molecule has 168 valence electrons. The lowest BCUT2D eigenvalue weighted by Gasteiger charge is -2.32. The SMILES string of the molecule is CS(=O)(=O)c1ccc(CC2CCN(CCCNc3ccc(Cl)cc3)CC2)cc1.Cl.Cl. The van der Waals surface area contributed by atoms with Gasteiger partial charge in [0.1, 0.15) is 0 Å². The molecule has 30 heavy (non-hydrogen) atoms. The average molecular weight is 494 g/mol. The summed E-state index contributed by atoms with van der Waals surface area (Å²) in [6.45, 7) is 4.38. The number of benzene rings is 2. The van der Waals surface area contributed by atoms with Gasteiger partial charge in [-0.3, -0.25) is 0 Å². The maximum atomic E-state index is 11.6. The van der Waals surface area contributed by atoms with Crippen LogP contribution in [0.25, 0.3) is 0 Å². The lowest BCUT2D eigenvalue weighted by molar-refractivity contribution is 0.183. The second-order valence-corrected chi connectivity index (χ2v) is 10.1. The minimum Gasteiger partial charge on any atom is -0.385 e. The lowest BCUT2D eigenvalue weighted by atomic mass is 9.90. The maximum absolute atomic E-state index is 11.6. The second-order valence-electron chi connectivity index (χ2n) is 7.69. The molecule has 0 spiro atoms. The first-order valence-corrected chi connectivity index (χ1v) is 12.2. The molecular weight excluding hydrogens is 463 g/mol. The monoisotopic (exact) mass is 492 g/mol. The molecule has 8 heteroatoms. The summed E-state index contributed by atoms with van der Waals surface area (Å²) in [5.74, 6) is 0.688. The molecule has 0 radical (unpaired) electrons. The zero-order valence-electron chi connectivity index (χ0n) is 17.2. The molecule has 3 rings (SSSR count). The molecule has 1 aliphatic heterocycles. The topological polar surface area (TPSA) is 49.4 Å². The van der Waals surface area contributed by atoms with Gasteiger partial charge >= 0.3 is 0 Å². The van der Waals surface area contributed by atoms with Gasteiger partial charge in [0.15, 0.2) is 9.84 Å². The normalized spacial score (nSPS) is 15.1. The number of nitrogens with one attached hydrogen (secondary N) is 1. The minimum atomic E-state index is -3.11. The number of piperidine rings is 1. The predicted molar refractivity (Wildman–Crippen MR) is 131 cm³/mol. The molecule has 0 bridgehead atoms. The van der Waals surface area contributed by atoms with Gasteiger partial charge < -0.3 is 10.2 Å². The molecule has 1 saturated heterocycles. The molecule has 1 fully saturated rings. The van der Waals surface area contributed by atoms with E-state index in [1.54, 1.807) is 12.1 Å². The van der Waals surface area contributed by atoms with E-state index in [2.05, 4.69) is 10.2 Å². The van der Waals surface area contributed by atoms with E-state index in [4.69, 9.17) is 11.6 Å². The number of likely N-dealkylation sites (tertiary alicyclic amines) is 1. The summed E-state index contributed by atoms with van der Waals surface area (Å²) in [6, 6.07) is 15.2. The number of hydrogen-bond acceptors (Lipinski definition) is 4. The van der Waals surface area contributed by atoms with Crippen LogP contribution in [0.4, 0.5) is 5.69 Å². The highest BCUT2D eigenvalue weighted by molar-refractivity contribution is 7.90. The Bertz CT molecular complexity index is 851. The van der Waals surface area contributed by atoms with E-state index >= 15 is 0 Å². The Balaban J connectivity index is 0.00000225. The van der Waals surface area contributed by atoms with Gasteiger partial charge in [-0.25, -0.2) is 8.42 Å². The molecule has 0 atom stereocenters. The molecule has 0 saturated carbocycles. The molecule has 2 aromatic rings.